The topological polar surface area (TPSA) is 71.9 Å². The third kappa shape index (κ3) is 4.56. The fraction of sp³-hybridized carbons (Fsp3) is 0.545. The summed E-state index contributed by atoms with van der Waals surface area (Å²) in [7, 11) is 0. The fourth-order valence-electron chi connectivity index (χ4n) is 4.02. The zero-order valence-electron chi connectivity index (χ0n) is 17.6. The normalized spacial score (nSPS) is 16.6. The van der Waals surface area contributed by atoms with Gasteiger partial charge in [-0.15, -0.1) is 0 Å². The highest BCUT2D eigenvalue weighted by Gasteiger charge is 2.23. The average Bonchev–Trinajstić information content (AvgIpc) is 3.15. The van der Waals surface area contributed by atoms with Gasteiger partial charge in [0.15, 0.2) is 11.5 Å². The maximum absolute atomic E-state index is 12.6. The molecule has 1 aromatic carbocycles. The van der Waals surface area contributed by atoms with E-state index < -0.39 is 0 Å². The van der Waals surface area contributed by atoms with Crippen LogP contribution in [0.25, 0.3) is 0 Å². The molecule has 2 N–H and O–H groups in total. The summed E-state index contributed by atoms with van der Waals surface area (Å²) in [5.74, 6) is 2.96. The standard InChI is InChI=1S/C22H30N4O3/c1-15(2)4-6-18-16(3)23-22(24-21(18)27)26-10-8-25(9-11-26)13-17-5-7-19-20(12-17)29-14-28-19/h5,7,12,15H,4,6,8-11,13-14H2,1-3H3,(H,23,24,27)/p+1. The number of benzene rings is 1. The number of anilines is 1. The zero-order valence-corrected chi connectivity index (χ0v) is 17.6. The van der Waals surface area contributed by atoms with Crippen molar-refractivity contribution in [1.82, 2.24) is 9.97 Å². The summed E-state index contributed by atoms with van der Waals surface area (Å²) in [6.45, 7) is 11.4. The fourth-order valence-corrected chi connectivity index (χ4v) is 4.02. The van der Waals surface area contributed by atoms with Crippen LogP contribution >= 0.6 is 0 Å². The number of hydrogen-bond acceptors (Lipinski definition) is 5. The molecule has 0 atom stereocenters. The number of ether oxygens (including phenoxy) is 2. The Balaban J connectivity index is 1.36. The summed E-state index contributed by atoms with van der Waals surface area (Å²) in [5.41, 5.74) is 2.96. The van der Waals surface area contributed by atoms with Crippen molar-refractivity contribution in [3.05, 3.63) is 45.4 Å². The predicted molar refractivity (Wildman–Crippen MR) is 112 cm³/mol. The molecular weight excluding hydrogens is 368 g/mol. The van der Waals surface area contributed by atoms with Crippen molar-refractivity contribution in [2.75, 3.05) is 37.9 Å². The summed E-state index contributed by atoms with van der Waals surface area (Å²) in [4.78, 5) is 24.0. The SMILES string of the molecule is Cc1nc(N2CC[NH+](Cc3ccc4c(c3)OCO4)CC2)[nH]c(=O)c1CCC(C)C. The Morgan fingerprint density at radius 1 is 1.21 bits per heavy atom. The van der Waals surface area contributed by atoms with E-state index in [4.69, 9.17) is 14.5 Å². The Labute approximate surface area is 171 Å². The Morgan fingerprint density at radius 2 is 1.97 bits per heavy atom. The van der Waals surface area contributed by atoms with Crippen LogP contribution in [0.4, 0.5) is 5.95 Å². The van der Waals surface area contributed by atoms with Gasteiger partial charge in [0.25, 0.3) is 5.56 Å². The summed E-state index contributed by atoms with van der Waals surface area (Å²) in [6, 6.07) is 6.19. The quantitative estimate of drug-likeness (QED) is 0.766. The molecule has 2 aromatic rings. The number of H-pyrrole nitrogens is 1. The van der Waals surface area contributed by atoms with Crippen LogP contribution in [-0.2, 0) is 13.0 Å². The average molecular weight is 400 g/mol. The molecule has 1 saturated heterocycles. The smallest absolute Gasteiger partial charge is 0.255 e. The molecule has 0 radical (unpaired) electrons. The molecule has 2 aliphatic rings. The molecule has 1 aromatic heterocycles. The van der Waals surface area contributed by atoms with Gasteiger partial charge in [-0.25, -0.2) is 4.98 Å². The first kappa shape index (κ1) is 19.8. The lowest BCUT2D eigenvalue weighted by atomic mass is 10.0. The van der Waals surface area contributed by atoms with E-state index in [0.29, 0.717) is 18.7 Å². The summed E-state index contributed by atoms with van der Waals surface area (Å²) < 4.78 is 10.9. The molecule has 1 fully saturated rings. The van der Waals surface area contributed by atoms with Crippen molar-refractivity contribution in [3.8, 4) is 11.5 Å². The highest BCUT2D eigenvalue weighted by Crippen LogP contribution is 2.32. The molecule has 0 saturated carbocycles. The highest BCUT2D eigenvalue weighted by atomic mass is 16.7. The number of nitrogens with zero attached hydrogens (tertiary/aromatic N) is 2. The summed E-state index contributed by atoms with van der Waals surface area (Å²) in [6.07, 6.45) is 1.80. The van der Waals surface area contributed by atoms with Crippen LogP contribution in [0.15, 0.2) is 23.0 Å². The monoisotopic (exact) mass is 399 g/mol. The van der Waals surface area contributed by atoms with E-state index in [1.54, 1.807) is 0 Å². The highest BCUT2D eigenvalue weighted by molar-refractivity contribution is 5.44. The minimum Gasteiger partial charge on any atom is -0.454 e. The first-order chi connectivity index (χ1) is 14.0. The third-order valence-electron chi connectivity index (χ3n) is 5.84. The molecule has 0 unspecified atom stereocenters. The molecule has 4 rings (SSSR count). The van der Waals surface area contributed by atoms with Gasteiger partial charge in [-0.05, 0) is 43.9 Å². The number of fused-ring (bicyclic) bond motifs is 1. The van der Waals surface area contributed by atoms with Crippen LogP contribution in [0.1, 0.15) is 37.1 Å². The molecular formula is C22H31N4O3+. The molecule has 3 heterocycles. The number of quaternary nitrogens is 1. The van der Waals surface area contributed by atoms with Gasteiger partial charge in [0.05, 0.1) is 26.2 Å². The molecule has 0 aliphatic carbocycles. The van der Waals surface area contributed by atoms with Crippen LogP contribution in [0.2, 0.25) is 0 Å². The predicted octanol–water partition coefficient (Wildman–Crippen LogP) is 1.30. The van der Waals surface area contributed by atoms with E-state index in [1.807, 2.05) is 13.0 Å². The lowest BCUT2D eigenvalue weighted by Gasteiger charge is -2.32. The number of aryl methyl sites for hydroxylation is 1. The number of aromatic amines is 1. The van der Waals surface area contributed by atoms with Crippen LogP contribution in [-0.4, -0.2) is 42.9 Å². The Kier molecular flexibility index (Phi) is 5.76. The minimum absolute atomic E-state index is 0.0169. The van der Waals surface area contributed by atoms with Gasteiger partial charge in [-0.2, -0.15) is 0 Å². The second-order valence-electron chi connectivity index (χ2n) is 8.49. The van der Waals surface area contributed by atoms with Crippen LogP contribution in [0.3, 0.4) is 0 Å². The van der Waals surface area contributed by atoms with E-state index >= 15 is 0 Å². The second kappa shape index (κ2) is 8.45. The molecule has 0 spiro atoms. The Morgan fingerprint density at radius 3 is 2.69 bits per heavy atom. The maximum atomic E-state index is 12.6. The summed E-state index contributed by atoms with van der Waals surface area (Å²) in [5, 5.41) is 0. The lowest BCUT2D eigenvalue weighted by molar-refractivity contribution is -0.914. The van der Waals surface area contributed by atoms with Gasteiger partial charge >= 0.3 is 0 Å². The van der Waals surface area contributed by atoms with Gasteiger partial charge in [0.2, 0.25) is 12.7 Å². The van der Waals surface area contributed by atoms with Crippen LogP contribution < -0.4 is 24.8 Å². The Hall–Kier alpha value is -2.54. The number of rotatable bonds is 6. The first-order valence-electron chi connectivity index (χ1n) is 10.6. The molecule has 2 aliphatic heterocycles. The number of nitrogens with one attached hydrogen (secondary N) is 2. The van der Waals surface area contributed by atoms with E-state index in [0.717, 1.165) is 68.3 Å². The number of hydrogen-bond donors (Lipinski definition) is 2. The molecule has 29 heavy (non-hydrogen) atoms. The van der Waals surface area contributed by atoms with Crippen LogP contribution in [0, 0.1) is 12.8 Å². The van der Waals surface area contributed by atoms with Crippen LogP contribution in [0.5, 0.6) is 11.5 Å². The van der Waals surface area contributed by atoms with Crippen molar-refractivity contribution in [3.63, 3.8) is 0 Å². The van der Waals surface area contributed by atoms with Gasteiger partial charge in [-0.1, -0.05) is 13.8 Å². The van der Waals surface area contributed by atoms with Gasteiger partial charge < -0.3 is 19.3 Å². The first-order valence-corrected chi connectivity index (χ1v) is 10.6. The van der Waals surface area contributed by atoms with Crippen molar-refractivity contribution in [2.45, 2.75) is 40.2 Å². The van der Waals surface area contributed by atoms with Gasteiger partial charge in [-0.3, -0.25) is 9.78 Å². The molecule has 0 bridgehead atoms. The van der Waals surface area contributed by atoms with Gasteiger partial charge in [0, 0.05) is 16.8 Å². The van der Waals surface area contributed by atoms with E-state index in [9.17, 15) is 4.79 Å². The minimum atomic E-state index is 0.0169. The number of piperazine rings is 1. The van der Waals surface area contributed by atoms with E-state index in [1.165, 1.54) is 10.5 Å². The molecule has 7 nitrogen and oxygen atoms in total. The number of aromatic nitrogens is 2. The lowest BCUT2D eigenvalue weighted by Crippen LogP contribution is -3.13. The zero-order chi connectivity index (χ0) is 20.4. The maximum Gasteiger partial charge on any atom is 0.255 e. The second-order valence-corrected chi connectivity index (χ2v) is 8.49. The molecule has 7 heteroatoms. The van der Waals surface area contributed by atoms with E-state index in [-0.39, 0.29) is 5.56 Å². The van der Waals surface area contributed by atoms with Crippen molar-refractivity contribution in [1.29, 1.82) is 0 Å². The largest absolute Gasteiger partial charge is 0.454 e. The van der Waals surface area contributed by atoms with Gasteiger partial charge in [0.1, 0.15) is 6.54 Å². The third-order valence-corrected chi connectivity index (χ3v) is 5.84. The summed E-state index contributed by atoms with van der Waals surface area (Å²) >= 11 is 0. The van der Waals surface area contributed by atoms with Crippen molar-refractivity contribution < 1.29 is 14.4 Å². The molecule has 156 valence electrons. The van der Waals surface area contributed by atoms with E-state index in [2.05, 4.69) is 35.9 Å². The van der Waals surface area contributed by atoms with Crippen molar-refractivity contribution >= 4 is 5.95 Å². The van der Waals surface area contributed by atoms with Crippen molar-refractivity contribution in [2.24, 2.45) is 5.92 Å². The molecule has 0 amide bonds. The Bertz CT molecular complexity index is 917.